The first-order valence-electron chi connectivity index (χ1n) is 3.47. The fraction of sp³-hybridized carbons (Fsp3) is 0.667. The van der Waals surface area contributed by atoms with Gasteiger partial charge in [0, 0.05) is 40.8 Å². The zero-order chi connectivity index (χ0) is 11.5. The van der Waals surface area contributed by atoms with Crippen molar-refractivity contribution in [2.75, 3.05) is 0 Å². The first-order valence-corrected chi connectivity index (χ1v) is 3.47. The van der Waals surface area contributed by atoms with Gasteiger partial charge in [-0.2, -0.15) is 0 Å². The van der Waals surface area contributed by atoms with Crippen LogP contribution in [0.4, 0.5) is 0 Å². The second-order valence-corrected chi connectivity index (χ2v) is 2.55. The maximum Gasteiger partial charge on any atom is 0.335 e. The molecule has 0 aromatic rings. The molecule has 0 saturated carbocycles. The van der Waals surface area contributed by atoms with Crippen molar-refractivity contribution in [2.24, 2.45) is 0 Å². The summed E-state index contributed by atoms with van der Waals surface area (Å²) in [5, 5.41) is 51.5. The summed E-state index contributed by atoms with van der Waals surface area (Å²) in [6, 6.07) is 0. The topological polar surface area (TPSA) is 156 Å². The molecule has 8 nitrogen and oxygen atoms in total. The summed E-state index contributed by atoms with van der Waals surface area (Å²) in [4.78, 5) is 20.2. The maximum absolute atomic E-state index is 10.1. The summed E-state index contributed by atoms with van der Waals surface area (Å²) in [6.45, 7) is 0. The Morgan fingerprint density at radius 3 is 1.07 bits per heavy atom. The Balaban J connectivity index is 0. The number of carboxylic acid groups (broad SMARTS) is 2. The van der Waals surface area contributed by atoms with E-state index in [-0.39, 0.29) is 40.8 Å². The molecule has 6 N–H and O–H groups in total. The summed E-state index contributed by atoms with van der Waals surface area (Å²) in [7, 11) is 0. The Morgan fingerprint density at radius 2 is 0.933 bits per heavy atom. The predicted octanol–water partition coefficient (Wildman–Crippen LogP) is -3.40. The van der Waals surface area contributed by atoms with Gasteiger partial charge in [0.05, 0.1) is 0 Å². The Bertz CT molecular complexity index is 207. The minimum Gasteiger partial charge on any atom is -0.479 e. The van der Waals surface area contributed by atoms with E-state index in [9.17, 15) is 9.59 Å². The van der Waals surface area contributed by atoms with Crippen LogP contribution in [0.1, 0.15) is 0 Å². The standard InChI is InChI=1S/C6H10O8.Nd/c7-1(3(9)5(11)12)2(8)4(10)6(13)14;/h1-4,7-10H,(H,11,12)(H,13,14);. The second-order valence-electron chi connectivity index (χ2n) is 2.55. The molecule has 0 fully saturated rings. The molecule has 0 spiro atoms. The molecule has 4 atom stereocenters. The van der Waals surface area contributed by atoms with Gasteiger partial charge in [0.25, 0.3) is 0 Å². The number of hydrogen-bond acceptors (Lipinski definition) is 6. The van der Waals surface area contributed by atoms with Crippen molar-refractivity contribution in [3.8, 4) is 0 Å². The Morgan fingerprint density at radius 1 is 0.733 bits per heavy atom. The largest absolute Gasteiger partial charge is 0.479 e. The number of carbonyl (C=O) groups is 2. The molecule has 0 heterocycles. The number of aliphatic hydroxyl groups excluding tert-OH is 4. The van der Waals surface area contributed by atoms with Gasteiger partial charge in [0.15, 0.2) is 12.2 Å². The number of hydrogen-bond donors (Lipinski definition) is 6. The number of rotatable bonds is 5. The van der Waals surface area contributed by atoms with Gasteiger partial charge in [-0.3, -0.25) is 0 Å². The van der Waals surface area contributed by atoms with Crippen molar-refractivity contribution >= 4 is 11.9 Å². The molecule has 0 saturated heterocycles. The van der Waals surface area contributed by atoms with Gasteiger partial charge in [0.1, 0.15) is 12.2 Å². The Hall–Kier alpha value is 0.131. The molecule has 0 aliphatic rings. The molecule has 86 valence electrons. The van der Waals surface area contributed by atoms with E-state index in [0.29, 0.717) is 0 Å². The van der Waals surface area contributed by atoms with Crippen molar-refractivity contribution in [1.29, 1.82) is 0 Å². The van der Waals surface area contributed by atoms with E-state index in [1.165, 1.54) is 0 Å². The van der Waals surface area contributed by atoms with Gasteiger partial charge in [-0.25, -0.2) is 9.59 Å². The average Bonchev–Trinajstić information content (AvgIpc) is 2.12. The summed E-state index contributed by atoms with van der Waals surface area (Å²) >= 11 is 0. The van der Waals surface area contributed by atoms with Crippen LogP contribution in [0, 0.1) is 40.8 Å². The van der Waals surface area contributed by atoms with Gasteiger partial charge >= 0.3 is 11.9 Å². The van der Waals surface area contributed by atoms with Crippen LogP contribution in [-0.2, 0) is 9.59 Å². The molecule has 0 aromatic heterocycles. The van der Waals surface area contributed by atoms with E-state index in [1.54, 1.807) is 0 Å². The summed E-state index contributed by atoms with van der Waals surface area (Å²) < 4.78 is 0. The first kappa shape index (κ1) is 17.5. The number of carboxylic acids is 2. The van der Waals surface area contributed by atoms with E-state index in [0.717, 1.165) is 0 Å². The fourth-order valence-corrected chi connectivity index (χ4v) is 0.666. The van der Waals surface area contributed by atoms with Crippen LogP contribution in [0.15, 0.2) is 0 Å². The minimum absolute atomic E-state index is 0. The molecule has 0 bridgehead atoms. The predicted molar refractivity (Wildman–Crippen MR) is 39.3 cm³/mol. The van der Waals surface area contributed by atoms with E-state index in [4.69, 9.17) is 30.6 Å². The molecule has 9 heteroatoms. The third-order valence-electron chi connectivity index (χ3n) is 1.50. The van der Waals surface area contributed by atoms with Crippen LogP contribution in [0.5, 0.6) is 0 Å². The van der Waals surface area contributed by atoms with Gasteiger partial charge in [-0.05, 0) is 0 Å². The minimum atomic E-state index is -2.36. The van der Waals surface area contributed by atoms with E-state index in [2.05, 4.69) is 0 Å². The molecule has 0 aliphatic heterocycles. The second kappa shape index (κ2) is 7.41. The summed E-state index contributed by atoms with van der Waals surface area (Å²) in [5.41, 5.74) is 0. The van der Waals surface area contributed by atoms with Crippen LogP contribution in [0.3, 0.4) is 0 Å². The van der Waals surface area contributed by atoms with Crippen molar-refractivity contribution < 1.29 is 81.1 Å². The zero-order valence-corrected chi connectivity index (χ0v) is 10.5. The van der Waals surface area contributed by atoms with Crippen LogP contribution in [-0.4, -0.2) is 67.0 Å². The van der Waals surface area contributed by atoms with Crippen LogP contribution in [0.2, 0.25) is 0 Å². The number of aliphatic carboxylic acids is 2. The fourth-order valence-electron chi connectivity index (χ4n) is 0.666. The van der Waals surface area contributed by atoms with E-state index >= 15 is 0 Å². The number of aliphatic hydroxyl groups is 4. The Kier molecular flexibility index (Phi) is 8.66. The van der Waals surface area contributed by atoms with Crippen LogP contribution < -0.4 is 0 Å². The smallest absolute Gasteiger partial charge is 0.335 e. The average molecular weight is 354 g/mol. The first-order chi connectivity index (χ1) is 6.29. The normalized spacial score (nSPS) is 18.1. The van der Waals surface area contributed by atoms with Gasteiger partial charge in [-0.15, -0.1) is 0 Å². The monoisotopic (exact) mass is 352 g/mol. The summed E-state index contributed by atoms with van der Waals surface area (Å²) in [5.74, 6) is -3.68. The van der Waals surface area contributed by atoms with Gasteiger partial charge in [0.2, 0.25) is 0 Å². The molecule has 0 amide bonds. The van der Waals surface area contributed by atoms with E-state index in [1.807, 2.05) is 0 Å². The molecule has 15 heavy (non-hydrogen) atoms. The van der Waals surface area contributed by atoms with Crippen LogP contribution in [0.25, 0.3) is 0 Å². The third-order valence-corrected chi connectivity index (χ3v) is 1.50. The molecule has 0 aliphatic carbocycles. The summed E-state index contributed by atoms with van der Waals surface area (Å²) in [6.07, 6.45) is -9.28. The Labute approximate surface area is 117 Å². The third kappa shape index (κ3) is 5.13. The SMILES string of the molecule is O=C(O)C(O)C(O)C(O)C(O)C(=O)O.[Nd]. The van der Waals surface area contributed by atoms with Crippen molar-refractivity contribution in [3.05, 3.63) is 0 Å². The molecule has 0 radical (unpaired) electrons. The van der Waals surface area contributed by atoms with Gasteiger partial charge < -0.3 is 30.6 Å². The van der Waals surface area contributed by atoms with Crippen molar-refractivity contribution in [1.82, 2.24) is 0 Å². The van der Waals surface area contributed by atoms with Gasteiger partial charge in [-0.1, -0.05) is 0 Å². The molecule has 0 rings (SSSR count). The molecule has 0 aromatic carbocycles. The molecular weight excluding hydrogens is 344 g/mol. The van der Waals surface area contributed by atoms with E-state index < -0.39 is 36.4 Å². The maximum atomic E-state index is 10.1. The van der Waals surface area contributed by atoms with Crippen molar-refractivity contribution in [3.63, 3.8) is 0 Å². The zero-order valence-electron chi connectivity index (χ0n) is 7.31. The molecule has 4 unspecified atom stereocenters. The van der Waals surface area contributed by atoms with Crippen LogP contribution >= 0.6 is 0 Å². The molecular formula is C6H10NdO8. The van der Waals surface area contributed by atoms with Crippen molar-refractivity contribution in [2.45, 2.75) is 24.4 Å². The quantitative estimate of drug-likeness (QED) is 0.298.